The van der Waals surface area contributed by atoms with Crippen LogP contribution in [0.5, 0.6) is 0 Å². The molecule has 1 aliphatic heterocycles. The van der Waals surface area contributed by atoms with Crippen molar-refractivity contribution in [2.24, 2.45) is 0 Å². The third-order valence-corrected chi connectivity index (χ3v) is 3.20. The molecule has 0 spiro atoms. The van der Waals surface area contributed by atoms with Gasteiger partial charge in [0.1, 0.15) is 5.82 Å². The predicted molar refractivity (Wildman–Crippen MR) is 66.6 cm³/mol. The fourth-order valence-corrected chi connectivity index (χ4v) is 2.18. The van der Waals surface area contributed by atoms with Gasteiger partial charge >= 0.3 is 0 Å². The van der Waals surface area contributed by atoms with E-state index >= 15 is 0 Å². The second-order valence-corrected chi connectivity index (χ2v) is 4.52. The molecule has 0 aromatic heterocycles. The molecule has 1 aromatic rings. The van der Waals surface area contributed by atoms with Gasteiger partial charge < -0.3 is 10.1 Å². The number of hydrogen-bond acceptors (Lipinski definition) is 2. The average molecular weight is 237 g/mol. The zero-order valence-electron chi connectivity index (χ0n) is 10.1. The minimum atomic E-state index is -0.103. The highest BCUT2D eigenvalue weighted by atomic mass is 19.1. The van der Waals surface area contributed by atoms with Gasteiger partial charge in [-0.2, -0.15) is 0 Å². The average Bonchev–Trinajstić information content (AvgIpc) is 2.84. The van der Waals surface area contributed by atoms with Gasteiger partial charge in [-0.3, -0.25) is 0 Å². The smallest absolute Gasteiger partial charge is 0.126 e. The number of halogens is 1. The molecule has 1 atom stereocenters. The molecule has 1 heterocycles. The van der Waals surface area contributed by atoms with Crippen molar-refractivity contribution >= 4 is 0 Å². The van der Waals surface area contributed by atoms with Crippen LogP contribution >= 0.6 is 0 Å². The maximum atomic E-state index is 13.3. The molecule has 0 aliphatic carbocycles. The predicted octanol–water partition coefficient (Wildman–Crippen LogP) is 2.53. The largest absolute Gasteiger partial charge is 0.378 e. The first-order chi connectivity index (χ1) is 8.36. The Labute approximate surface area is 102 Å². The Bertz CT molecular complexity index is 337. The maximum absolute atomic E-state index is 13.3. The molecule has 0 bridgehead atoms. The summed E-state index contributed by atoms with van der Waals surface area (Å²) in [5.74, 6) is -0.103. The van der Waals surface area contributed by atoms with Gasteiger partial charge in [0.05, 0.1) is 6.10 Å². The molecule has 1 N–H and O–H groups in total. The Morgan fingerprint density at radius 1 is 1.29 bits per heavy atom. The van der Waals surface area contributed by atoms with Crippen LogP contribution < -0.4 is 5.32 Å². The SMILES string of the molecule is Fc1ccccc1CCNCCC1CCCO1. The normalized spacial score (nSPS) is 19.7. The molecule has 1 saturated heterocycles. The second kappa shape index (κ2) is 6.72. The van der Waals surface area contributed by atoms with E-state index in [1.807, 2.05) is 12.1 Å². The quantitative estimate of drug-likeness (QED) is 0.768. The van der Waals surface area contributed by atoms with Crippen LogP contribution in [0.25, 0.3) is 0 Å². The van der Waals surface area contributed by atoms with Crippen LogP contribution in [-0.4, -0.2) is 25.8 Å². The van der Waals surface area contributed by atoms with E-state index < -0.39 is 0 Å². The number of rotatable bonds is 6. The standard InChI is InChI=1S/C14H20FNO/c15-14-6-2-1-4-12(14)7-9-16-10-8-13-5-3-11-17-13/h1-2,4,6,13,16H,3,5,7-11H2. The van der Waals surface area contributed by atoms with Gasteiger partial charge in [0.2, 0.25) is 0 Å². The molecule has 0 amide bonds. The van der Waals surface area contributed by atoms with Crippen LogP contribution in [0.4, 0.5) is 4.39 Å². The van der Waals surface area contributed by atoms with Crippen LogP contribution in [0.2, 0.25) is 0 Å². The molecule has 17 heavy (non-hydrogen) atoms. The molecule has 1 aromatic carbocycles. The van der Waals surface area contributed by atoms with Crippen molar-refractivity contribution < 1.29 is 9.13 Å². The van der Waals surface area contributed by atoms with E-state index in [0.717, 1.165) is 38.1 Å². The number of hydrogen-bond donors (Lipinski definition) is 1. The van der Waals surface area contributed by atoms with Crippen molar-refractivity contribution in [3.8, 4) is 0 Å². The Kier molecular flexibility index (Phi) is 4.95. The van der Waals surface area contributed by atoms with Gasteiger partial charge in [-0.25, -0.2) is 4.39 Å². The molecule has 2 rings (SSSR count). The van der Waals surface area contributed by atoms with Gasteiger partial charge in [-0.1, -0.05) is 18.2 Å². The molecule has 0 saturated carbocycles. The first kappa shape index (κ1) is 12.5. The zero-order valence-corrected chi connectivity index (χ0v) is 10.1. The summed E-state index contributed by atoms with van der Waals surface area (Å²) in [6, 6.07) is 6.97. The Balaban J connectivity index is 1.58. The van der Waals surface area contributed by atoms with Gasteiger partial charge in [-0.15, -0.1) is 0 Å². The van der Waals surface area contributed by atoms with Crippen molar-refractivity contribution in [1.29, 1.82) is 0 Å². The Morgan fingerprint density at radius 2 is 2.18 bits per heavy atom. The summed E-state index contributed by atoms with van der Waals surface area (Å²) < 4.78 is 18.8. The zero-order chi connectivity index (χ0) is 11.9. The van der Waals surface area contributed by atoms with Crippen molar-refractivity contribution in [3.05, 3.63) is 35.6 Å². The van der Waals surface area contributed by atoms with Gasteiger partial charge in [0.25, 0.3) is 0 Å². The first-order valence-electron chi connectivity index (χ1n) is 6.42. The topological polar surface area (TPSA) is 21.3 Å². The molecule has 1 aliphatic rings. The molecule has 1 unspecified atom stereocenters. The summed E-state index contributed by atoms with van der Waals surface area (Å²) in [5.41, 5.74) is 0.789. The monoisotopic (exact) mass is 237 g/mol. The lowest BCUT2D eigenvalue weighted by atomic mass is 10.1. The van der Waals surface area contributed by atoms with E-state index in [2.05, 4.69) is 5.32 Å². The van der Waals surface area contributed by atoms with Crippen LogP contribution in [0.1, 0.15) is 24.8 Å². The third-order valence-electron chi connectivity index (χ3n) is 3.20. The summed E-state index contributed by atoms with van der Waals surface area (Å²) in [4.78, 5) is 0. The van der Waals surface area contributed by atoms with Crippen molar-refractivity contribution in [2.45, 2.75) is 31.8 Å². The summed E-state index contributed by atoms with van der Waals surface area (Å²) >= 11 is 0. The van der Waals surface area contributed by atoms with E-state index in [1.165, 1.54) is 18.9 Å². The van der Waals surface area contributed by atoms with Gasteiger partial charge in [0.15, 0.2) is 0 Å². The van der Waals surface area contributed by atoms with E-state index in [9.17, 15) is 4.39 Å². The Hall–Kier alpha value is -0.930. The lowest BCUT2D eigenvalue weighted by Gasteiger charge is -2.10. The number of benzene rings is 1. The number of ether oxygens (including phenoxy) is 1. The highest BCUT2D eigenvalue weighted by molar-refractivity contribution is 5.17. The van der Waals surface area contributed by atoms with Crippen LogP contribution in [0.3, 0.4) is 0 Å². The maximum Gasteiger partial charge on any atom is 0.126 e. The Morgan fingerprint density at radius 3 is 2.94 bits per heavy atom. The molecule has 1 fully saturated rings. The van der Waals surface area contributed by atoms with Crippen molar-refractivity contribution in [3.63, 3.8) is 0 Å². The fourth-order valence-electron chi connectivity index (χ4n) is 2.18. The van der Waals surface area contributed by atoms with Gasteiger partial charge in [0, 0.05) is 6.61 Å². The lowest BCUT2D eigenvalue weighted by Crippen LogP contribution is -2.22. The van der Waals surface area contributed by atoms with E-state index in [4.69, 9.17) is 4.74 Å². The molecular weight excluding hydrogens is 217 g/mol. The van der Waals surface area contributed by atoms with E-state index in [-0.39, 0.29) is 5.82 Å². The van der Waals surface area contributed by atoms with Crippen molar-refractivity contribution in [1.82, 2.24) is 5.32 Å². The molecule has 3 heteroatoms. The highest BCUT2D eigenvalue weighted by Gasteiger charge is 2.14. The summed E-state index contributed by atoms with van der Waals surface area (Å²) in [6.07, 6.45) is 4.64. The van der Waals surface area contributed by atoms with Gasteiger partial charge in [-0.05, 0) is 50.4 Å². The third kappa shape index (κ3) is 4.10. The molecule has 2 nitrogen and oxygen atoms in total. The molecule has 94 valence electrons. The van der Waals surface area contributed by atoms with Crippen LogP contribution in [0.15, 0.2) is 24.3 Å². The first-order valence-corrected chi connectivity index (χ1v) is 6.42. The number of nitrogens with one attached hydrogen (secondary N) is 1. The second-order valence-electron chi connectivity index (χ2n) is 4.52. The molecular formula is C14H20FNO. The molecule has 0 radical (unpaired) electrons. The van der Waals surface area contributed by atoms with Crippen LogP contribution in [0, 0.1) is 5.82 Å². The minimum Gasteiger partial charge on any atom is -0.378 e. The summed E-state index contributed by atoms with van der Waals surface area (Å²) in [6.45, 7) is 2.70. The van der Waals surface area contributed by atoms with E-state index in [0.29, 0.717) is 6.10 Å². The lowest BCUT2D eigenvalue weighted by molar-refractivity contribution is 0.104. The fraction of sp³-hybridized carbons (Fsp3) is 0.571. The van der Waals surface area contributed by atoms with Crippen LogP contribution in [-0.2, 0) is 11.2 Å². The summed E-state index contributed by atoms with van der Waals surface area (Å²) in [5, 5.41) is 3.34. The van der Waals surface area contributed by atoms with E-state index in [1.54, 1.807) is 6.07 Å². The van der Waals surface area contributed by atoms with Crippen molar-refractivity contribution in [2.75, 3.05) is 19.7 Å². The summed E-state index contributed by atoms with van der Waals surface area (Å²) in [7, 11) is 0. The highest BCUT2D eigenvalue weighted by Crippen LogP contribution is 2.14. The minimum absolute atomic E-state index is 0.103.